The maximum absolute atomic E-state index is 10.9. The minimum absolute atomic E-state index is 0.0209. The molecule has 0 saturated carbocycles. The smallest absolute Gasteiger partial charge is 0.243 e. The van der Waals surface area contributed by atoms with Crippen LogP contribution in [-0.4, -0.2) is 36.6 Å². The largest absolute Gasteiger partial charge is 0.488 e. The van der Waals surface area contributed by atoms with E-state index in [1.54, 1.807) is 0 Å². The maximum atomic E-state index is 10.9. The number of aryl methyl sites for hydroxylation is 3. The lowest BCUT2D eigenvalue weighted by Crippen LogP contribution is -2.37. The molecule has 5 heteroatoms. The summed E-state index contributed by atoms with van der Waals surface area (Å²) in [6, 6.07) is 12.9. The molecule has 1 aliphatic heterocycles. The number of hydrogen-bond acceptors (Lipinski definition) is 4. The van der Waals surface area contributed by atoms with E-state index in [9.17, 15) is 4.79 Å². The molecular weight excluding hydrogens is 364 g/mol. The van der Waals surface area contributed by atoms with Crippen molar-refractivity contribution in [3.8, 4) is 5.75 Å². The van der Waals surface area contributed by atoms with Crippen molar-refractivity contribution in [1.29, 1.82) is 0 Å². The summed E-state index contributed by atoms with van der Waals surface area (Å²) >= 11 is 0. The number of likely N-dealkylation sites (tertiary alicyclic amines) is 1. The first-order chi connectivity index (χ1) is 13.9. The number of rotatable bonds is 8. The van der Waals surface area contributed by atoms with E-state index in [2.05, 4.69) is 62.1 Å². The van der Waals surface area contributed by atoms with Gasteiger partial charge in [-0.05, 0) is 55.9 Å². The Balaban J connectivity index is 1.55. The van der Waals surface area contributed by atoms with E-state index in [-0.39, 0.29) is 12.7 Å². The quantitative estimate of drug-likeness (QED) is 0.740. The van der Waals surface area contributed by atoms with Crippen LogP contribution in [-0.2, 0) is 22.7 Å². The second-order valence-corrected chi connectivity index (χ2v) is 8.09. The van der Waals surface area contributed by atoms with Gasteiger partial charge in [0.15, 0.2) is 0 Å². The van der Waals surface area contributed by atoms with Crippen molar-refractivity contribution < 1.29 is 14.3 Å². The van der Waals surface area contributed by atoms with Gasteiger partial charge < -0.3 is 15.2 Å². The number of nitrogens with two attached hydrogens (primary N) is 1. The molecule has 2 N–H and O–H groups in total. The second-order valence-electron chi connectivity index (χ2n) is 8.09. The molecule has 1 amide bonds. The summed E-state index contributed by atoms with van der Waals surface area (Å²) in [6.45, 7) is 9.79. The van der Waals surface area contributed by atoms with Gasteiger partial charge in [-0.15, -0.1) is 0 Å². The second kappa shape index (κ2) is 9.90. The van der Waals surface area contributed by atoms with Gasteiger partial charge in [0.25, 0.3) is 0 Å². The summed E-state index contributed by atoms with van der Waals surface area (Å²) in [4.78, 5) is 13.3. The van der Waals surface area contributed by atoms with Crippen molar-refractivity contribution in [2.75, 3.05) is 19.7 Å². The first-order valence-corrected chi connectivity index (χ1v) is 10.3. The zero-order valence-electron chi connectivity index (χ0n) is 17.7. The van der Waals surface area contributed by atoms with Crippen LogP contribution in [0, 0.1) is 20.8 Å². The third-order valence-corrected chi connectivity index (χ3v) is 5.39. The van der Waals surface area contributed by atoms with Gasteiger partial charge in [0.1, 0.15) is 19.0 Å². The number of carbonyl (C=O) groups is 1. The summed E-state index contributed by atoms with van der Waals surface area (Å²) in [5.74, 6) is 0.580. The molecule has 2 aromatic carbocycles. The molecule has 3 rings (SSSR count). The number of carbonyl (C=O) groups excluding carboxylic acids is 1. The molecule has 1 heterocycles. The zero-order chi connectivity index (χ0) is 20.8. The Kier molecular flexibility index (Phi) is 7.29. The zero-order valence-corrected chi connectivity index (χ0v) is 17.7. The van der Waals surface area contributed by atoms with Crippen molar-refractivity contribution in [2.45, 2.75) is 52.9 Å². The van der Waals surface area contributed by atoms with Crippen LogP contribution >= 0.6 is 0 Å². The fourth-order valence-corrected chi connectivity index (χ4v) is 4.01. The molecule has 1 aliphatic rings. The van der Waals surface area contributed by atoms with E-state index in [1.165, 1.54) is 27.8 Å². The van der Waals surface area contributed by atoms with Gasteiger partial charge >= 0.3 is 0 Å². The van der Waals surface area contributed by atoms with E-state index in [4.69, 9.17) is 15.2 Å². The van der Waals surface area contributed by atoms with E-state index < -0.39 is 5.91 Å². The standard InChI is InChI=1S/C24H32N2O3/c1-17-5-4-6-20(11-17)15-29-24-18(2)12-21(13-19(24)3)14-26-9-7-22(8-10-26)28-16-23(25)27/h4-6,11-13,22H,7-10,14-16H2,1-3H3,(H2,25,27). The highest BCUT2D eigenvalue weighted by atomic mass is 16.5. The summed E-state index contributed by atoms with van der Waals surface area (Å²) in [5.41, 5.74) is 11.2. The molecule has 1 saturated heterocycles. The SMILES string of the molecule is Cc1cccc(COc2c(C)cc(CN3CCC(OCC(N)=O)CC3)cc2C)c1. The van der Waals surface area contributed by atoms with Gasteiger partial charge in [-0.2, -0.15) is 0 Å². The lowest BCUT2D eigenvalue weighted by molar-refractivity contribution is -0.125. The van der Waals surface area contributed by atoms with Crippen LogP contribution in [0.3, 0.4) is 0 Å². The number of amides is 1. The minimum atomic E-state index is -0.400. The Hall–Kier alpha value is -2.37. The molecule has 1 fully saturated rings. The normalized spacial score (nSPS) is 15.4. The van der Waals surface area contributed by atoms with E-state index >= 15 is 0 Å². The Labute approximate surface area is 173 Å². The van der Waals surface area contributed by atoms with Crippen molar-refractivity contribution in [3.63, 3.8) is 0 Å². The molecule has 156 valence electrons. The van der Waals surface area contributed by atoms with Crippen LogP contribution in [0.1, 0.15) is 40.7 Å². The maximum Gasteiger partial charge on any atom is 0.243 e. The van der Waals surface area contributed by atoms with Gasteiger partial charge in [0.05, 0.1) is 6.10 Å². The van der Waals surface area contributed by atoms with Crippen molar-refractivity contribution in [2.24, 2.45) is 5.73 Å². The van der Waals surface area contributed by atoms with Gasteiger partial charge in [-0.25, -0.2) is 0 Å². The molecule has 2 aromatic rings. The van der Waals surface area contributed by atoms with Gasteiger partial charge in [-0.3, -0.25) is 9.69 Å². The van der Waals surface area contributed by atoms with Gasteiger partial charge in [-0.1, -0.05) is 42.0 Å². The number of hydrogen-bond donors (Lipinski definition) is 1. The highest BCUT2D eigenvalue weighted by Crippen LogP contribution is 2.27. The average molecular weight is 397 g/mol. The molecule has 0 spiro atoms. The topological polar surface area (TPSA) is 64.8 Å². The Morgan fingerprint density at radius 1 is 1.07 bits per heavy atom. The Morgan fingerprint density at radius 3 is 2.38 bits per heavy atom. The lowest BCUT2D eigenvalue weighted by Gasteiger charge is -2.32. The predicted molar refractivity (Wildman–Crippen MR) is 115 cm³/mol. The molecular formula is C24H32N2O3. The number of benzene rings is 2. The van der Waals surface area contributed by atoms with Crippen LogP contribution in [0.2, 0.25) is 0 Å². The van der Waals surface area contributed by atoms with E-state index in [0.29, 0.717) is 6.61 Å². The average Bonchev–Trinajstić information content (AvgIpc) is 2.67. The van der Waals surface area contributed by atoms with Gasteiger partial charge in [0.2, 0.25) is 5.91 Å². The summed E-state index contributed by atoms with van der Waals surface area (Å²) in [6.07, 6.45) is 2.01. The van der Waals surface area contributed by atoms with Crippen LogP contribution in [0.5, 0.6) is 5.75 Å². The summed E-state index contributed by atoms with van der Waals surface area (Å²) in [5, 5.41) is 0. The molecule has 0 atom stereocenters. The molecule has 0 unspecified atom stereocenters. The van der Waals surface area contributed by atoms with Gasteiger partial charge in [0, 0.05) is 19.6 Å². The fourth-order valence-electron chi connectivity index (χ4n) is 4.01. The van der Waals surface area contributed by atoms with Crippen molar-refractivity contribution in [1.82, 2.24) is 4.90 Å². The number of ether oxygens (including phenoxy) is 2. The monoisotopic (exact) mass is 396 g/mol. The highest BCUT2D eigenvalue weighted by Gasteiger charge is 2.20. The molecule has 0 aliphatic carbocycles. The fraction of sp³-hybridized carbons (Fsp3) is 0.458. The van der Waals surface area contributed by atoms with Crippen molar-refractivity contribution in [3.05, 3.63) is 64.2 Å². The Morgan fingerprint density at radius 2 is 1.76 bits per heavy atom. The van der Waals surface area contributed by atoms with E-state index in [0.717, 1.165) is 38.2 Å². The summed E-state index contributed by atoms with van der Waals surface area (Å²) < 4.78 is 11.7. The lowest BCUT2D eigenvalue weighted by atomic mass is 10.0. The van der Waals surface area contributed by atoms with Crippen LogP contribution in [0.15, 0.2) is 36.4 Å². The Bertz CT molecular complexity index is 819. The molecule has 0 aromatic heterocycles. The van der Waals surface area contributed by atoms with E-state index in [1.807, 2.05) is 0 Å². The number of piperidine rings is 1. The third-order valence-electron chi connectivity index (χ3n) is 5.39. The highest BCUT2D eigenvalue weighted by molar-refractivity contribution is 5.75. The predicted octanol–water partition coefficient (Wildman–Crippen LogP) is 3.66. The number of primary amides is 1. The molecule has 0 radical (unpaired) electrons. The minimum Gasteiger partial charge on any atom is -0.488 e. The first kappa shape index (κ1) is 21.3. The van der Waals surface area contributed by atoms with Crippen LogP contribution < -0.4 is 10.5 Å². The molecule has 5 nitrogen and oxygen atoms in total. The molecule has 29 heavy (non-hydrogen) atoms. The number of nitrogens with zero attached hydrogens (tertiary/aromatic N) is 1. The van der Waals surface area contributed by atoms with Crippen molar-refractivity contribution >= 4 is 5.91 Å². The third kappa shape index (κ3) is 6.31. The summed E-state index contributed by atoms with van der Waals surface area (Å²) in [7, 11) is 0. The first-order valence-electron chi connectivity index (χ1n) is 10.3. The van der Waals surface area contributed by atoms with Crippen LogP contribution in [0.4, 0.5) is 0 Å². The van der Waals surface area contributed by atoms with Crippen LogP contribution in [0.25, 0.3) is 0 Å². The molecule has 0 bridgehead atoms.